The first-order chi connectivity index (χ1) is 12.6. The number of para-hydroxylation sites is 1. The number of carbonyl (C=O) groups excluding carboxylic acids is 2. The molecular formula is C21H19NO4. The molecule has 0 radical (unpaired) electrons. The molecule has 1 unspecified atom stereocenters. The summed E-state index contributed by atoms with van der Waals surface area (Å²) < 4.78 is 10.8. The molecule has 1 amide bonds. The zero-order valence-electron chi connectivity index (χ0n) is 14.7. The SMILES string of the molecule is COc1ccccc1C1CC(=O)N(c2cccc(C)c2)C2=C1C(=O)OC2. The Morgan fingerprint density at radius 2 is 1.92 bits per heavy atom. The molecule has 26 heavy (non-hydrogen) atoms. The zero-order valence-corrected chi connectivity index (χ0v) is 14.7. The number of anilines is 1. The normalized spacial score (nSPS) is 19.5. The van der Waals surface area contributed by atoms with Crippen molar-refractivity contribution in [3.63, 3.8) is 0 Å². The van der Waals surface area contributed by atoms with Crippen LogP contribution in [-0.4, -0.2) is 25.6 Å². The predicted octanol–water partition coefficient (Wildman–Crippen LogP) is 3.34. The van der Waals surface area contributed by atoms with Crippen LogP contribution in [0.2, 0.25) is 0 Å². The number of cyclic esters (lactones) is 1. The van der Waals surface area contributed by atoms with Gasteiger partial charge in [0.05, 0.1) is 18.4 Å². The molecule has 4 rings (SSSR count). The van der Waals surface area contributed by atoms with Crippen LogP contribution in [0, 0.1) is 6.92 Å². The van der Waals surface area contributed by atoms with Crippen molar-refractivity contribution in [3.05, 3.63) is 70.9 Å². The Labute approximate surface area is 151 Å². The van der Waals surface area contributed by atoms with Gasteiger partial charge in [-0.15, -0.1) is 0 Å². The molecule has 0 N–H and O–H groups in total. The number of methoxy groups -OCH3 is 1. The summed E-state index contributed by atoms with van der Waals surface area (Å²) in [6, 6.07) is 15.2. The van der Waals surface area contributed by atoms with Crippen molar-refractivity contribution in [2.45, 2.75) is 19.3 Å². The maximum Gasteiger partial charge on any atom is 0.336 e. The summed E-state index contributed by atoms with van der Waals surface area (Å²) in [5.41, 5.74) is 3.83. The summed E-state index contributed by atoms with van der Waals surface area (Å²) in [5.74, 6) is -0.102. The maximum atomic E-state index is 13.0. The number of aryl methyl sites for hydroxylation is 1. The van der Waals surface area contributed by atoms with Gasteiger partial charge in [0.1, 0.15) is 12.4 Å². The molecule has 0 fully saturated rings. The van der Waals surface area contributed by atoms with Crippen molar-refractivity contribution in [3.8, 4) is 5.75 Å². The van der Waals surface area contributed by atoms with E-state index in [0.29, 0.717) is 17.0 Å². The first kappa shape index (κ1) is 16.4. The van der Waals surface area contributed by atoms with Crippen molar-refractivity contribution in [2.75, 3.05) is 18.6 Å². The number of ether oxygens (including phenoxy) is 2. The minimum Gasteiger partial charge on any atom is -0.496 e. The lowest BCUT2D eigenvalue weighted by Gasteiger charge is -2.32. The van der Waals surface area contributed by atoms with Crippen molar-refractivity contribution in [1.82, 2.24) is 0 Å². The van der Waals surface area contributed by atoms with Gasteiger partial charge in [-0.05, 0) is 30.7 Å². The van der Waals surface area contributed by atoms with E-state index in [2.05, 4.69) is 0 Å². The van der Waals surface area contributed by atoms with Crippen molar-refractivity contribution in [2.24, 2.45) is 0 Å². The molecular weight excluding hydrogens is 330 g/mol. The molecule has 0 saturated heterocycles. The summed E-state index contributed by atoms with van der Waals surface area (Å²) in [6.07, 6.45) is 0.197. The number of nitrogens with zero attached hydrogens (tertiary/aromatic N) is 1. The Hall–Kier alpha value is -3.08. The Bertz CT molecular complexity index is 931. The highest BCUT2D eigenvalue weighted by Gasteiger charge is 2.43. The van der Waals surface area contributed by atoms with Crippen molar-refractivity contribution < 1.29 is 19.1 Å². The monoisotopic (exact) mass is 349 g/mol. The Kier molecular flexibility index (Phi) is 3.99. The fourth-order valence-electron chi connectivity index (χ4n) is 3.74. The van der Waals surface area contributed by atoms with Gasteiger partial charge >= 0.3 is 5.97 Å². The molecule has 2 heterocycles. The van der Waals surface area contributed by atoms with Gasteiger partial charge in [-0.25, -0.2) is 4.79 Å². The van der Waals surface area contributed by atoms with E-state index in [9.17, 15) is 9.59 Å². The zero-order chi connectivity index (χ0) is 18.3. The second kappa shape index (κ2) is 6.33. The molecule has 0 aromatic heterocycles. The molecule has 0 spiro atoms. The minimum atomic E-state index is -0.360. The second-order valence-electron chi connectivity index (χ2n) is 6.50. The second-order valence-corrected chi connectivity index (χ2v) is 6.50. The van der Waals surface area contributed by atoms with E-state index in [1.54, 1.807) is 12.0 Å². The van der Waals surface area contributed by atoms with Gasteiger partial charge in [0.2, 0.25) is 5.91 Å². The summed E-state index contributed by atoms with van der Waals surface area (Å²) in [5, 5.41) is 0. The van der Waals surface area contributed by atoms with Crippen LogP contribution in [-0.2, 0) is 14.3 Å². The molecule has 0 aliphatic carbocycles. The molecule has 132 valence electrons. The number of hydrogen-bond acceptors (Lipinski definition) is 4. The van der Waals surface area contributed by atoms with Gasteiger partial charge in [-0.2, -0.15) is 0 Å². The molecule has 2 aromatic carbocycles. The highest BCUT2D eigenvalue weighted by Crippen LogP contribution is 2.44. The third kappa shape index (κ3) is 2.56. The van der Waals surface area contributed by atoms with Crippen LogP contribution < -0.4 is 9.64 Å². The van der Waals surface area contributed by atoms with Gasteiger partial charge in [0.25, 0.3) is 0 Å². The van der Waals surface area contributed by atoms with Crippen LogP contribution in [0.25, 0.3) is 0 Å². The fraction of sp³-hybridized carbons (Fsp3) is 0.238. The number of hydrogen-bond donors (Lipinski definition) is 0. The largest absolute Gasteiger partial charge is 0.496 e. The molecule has 2 aliphatic rings. The molecule has 1 atom stereocenters. The smallest absolute Gasteiger partial charge is 0.336 e. The summed E-state index contributed by atoms with van der Waals surface area (Å²) in [4.78, 5) is 27.1. The quantitative estimate of drug-likeness (QED) is 0.798. The van der Waals surface area contributed by atoms with Crippen LogP contribution in [0.4, 0.5) is 5.69 Å². The number of amides is 1. The third-order valence-electron chi connectivity index (χ3n) is 4.89. The Morgan fingerprint density at radius 3 is 2.69 bits per heavy atom. The van der Waals surface area contributed by atoms with Gasteiger partial charge in [0.15, 0.2) is 0 Å². The van der Waals surface area contributed by atoms with E-state index in [1.165, 1.54) is 0 Å². The summed E-state index contributed by atoms with van der Waals surface area (Å²) >= 11 is 0. The van der Waals surface area contributed by atoms with Gasteiger partial charge in [-0.1, -0.05) is 30.3 Å². The lowest BCUT2D eigenvalue weighted by atomic mass is 9.83. The number of benzene rings is 2. The average molecular weight is 349 g/mol. The highest BCUT2D eigenvalue weighted by atomic mass is 16.5. The lowest BCUT2D eigenvalue weighted by molar-refractivity contribution is -0.136. The number of carbonyl (C=O) groups is 2. The standard InChI is InChI=1S/C21H19NO4/c1-13-6-5-7-14(10-13)22-17-12-26-21(24)20(17)16(11-19(22)23)15-8-3-4-9-18(15)25-2/h3-10,16H,11-12H2,1-2H3. The fourth-order valence-corrected chi connectivity index (χ4v) is 3.74. The van der Waals surface area contributed by atoms with E-state index >= 15 is 0 Å². The number of esters is 1. The van der Waals surface area contributed by atoms with E-state index in [0.717, 1.165) is 16.8 Å². The first-order valence-electron chi connectivity index (χ1n) is 8.53. The van der Waals surface area contributed by atoms with Gasteiger partial charge in [-0.3, -0.25) is 9.69 Å². The first-order valence-corrected chi connectivity index (χ1v) is 8.53. The van der Waals surface area contributed by atoms with E-state index in [4.69, 9.17) is 9.47 Å². The lowest BCUT2D eigenvalue weighted by Crippen LogP contribution is -2.37. The molecule has 5 nitrogen and oxygen atoms in total. The van der Waals surface area contributed by atoms with E-state index in [-0.39, 0.29) is 30.8 Å². The molecule has 2 aromatic rings. The summed E-state index contributed by atoms with van der Waals surface area (Å²) in [7, 11) is 1.59. The van der Waals surface area contributed by atoms with Crippen LogP contribution in [0.5, 0.6) is 5.75 Å². The Morgan fingerprint density at radius 1 is 1.12 bits per heavy atom. The molecule has 5 heteroatoms. The molecule has 2 aliphatic heterocycles. The minimum absolute atomic E-state index is 0.0523. The topological polar surface area (TPSA) is 55.8 Å². The van der Waals surface area contributed by atoms with Crippen molar-refractivity contribution in [1.29, 1.82) is 0 Å². The van der Waals surface area contributed by atoms with E-state index < -0.39 is 0 Å². The Balaban J connectivity index is 1.86. The van der Waals surface area contributed by atoms with Gasteiger partial charge in [0, 0.05) is 23.6 Å². The van der Waals surface area contributed by atoms with Crippen LogP contribution in [0.3, 0.4) is 0 Å². The van der Waals surface area contributed by atoms with Crippen LogP contribution in [0.1, 0.15) is 23.5 Å². The summed E-state index contributed by atoms with van der Waals surface area (Å²) in [6.45, 7) is 2.08. The van der Waals surface area contributed by atoms with Crippen LogP contribution >= 0.6 is 0 Å². The maximum absolute atomic E-state index is 13.0. The number of rotatable bonds is 3. The van der Waals surface area contributed by atoms with Gasteiger partial charge < -0.3 is 9.47 Å². The van der Waals surface area contributed by atoms with Crippen molar-refractivity contribution >= 4 is 17.6 Å². The highest BCUT2D eigenvalue weighted by molar-refractivity contribution is 6.06. The average Bonchev–Trinajstić information content (AvgIpc) is 3.02. The predicted molar refractivity (Wildman–Crippen MR) is 97.0 cm³/mol. The van der Waals surface area contributed by atoms with Crippen LogP contribution in [0.15, 0.2) is 59.8 Å². The van der Waals surface area contributed by atoms with E-state index in [1.807, 2.05) is 55.5 Å². The third-order valence-corrected chi connectivity index (χ3v) is 4.89. The molecule has 0 saturated carbocycles. The molecule has 0 bridgehead atoms.